The van der Waals surface area contributed by atoms with Crippen LogP contribution in [0.4, 0.5) is 0 Å². The van der Waals surface area contributed by atoms with Crippen LogP contribution in [-0.4, -0.2) is 80.8 Å². The molecule has 0 aromatic rings. The minimum atomic E-state index is -1.38. The molecule has 0 saturated heterocycles. The zero-order valence-electron chi connectivity index (χ0n) is 16.9. The summed E-state index contributed by atoms with van der Waals surface area (Å²) in [7, 11) is 0. The molecule has 7 unspecified atom stereocenters. The van der Waals surface area contributed by atoms with Gasteiger partial charge in [0, 0.05) is 12.8 Å². The molecule has 1 aliphatic rings. The highest BCUT2D eigenvalue weighted by Crippen LogP contribution is 2.20. The molecule has 9 heteroatoms. The molecule has 0 aromatic carbocycles. The number of aliphatic hydroxyl groups is 5. The monoisotopic (exact) mass is 404 g/mol. The van der Waals surface area contributed by atoms with E-state index in [1.54, 1.807) is 12.2 Å². The van der Waals surface area contributed by atoms with Crippen molar-refractivity contribution in [3.63, 3.8) is 0 Å². The van der Waals surface area contributed by atoms with E-state index in [9.17, 15) is 30.3 Å². The number of rotatable bonds is 8. The number of ether oxygens (including phenoxy) is 1. The number of nitrogens with one attached hydrogen (secondary N) is 1. The molecule has 0 fully saturated rings. The summed E-state index contributed by atoms with van der Waals surface area (Å²) in [6, 6.07) is -0.864. The van der Waals surface area contributed by atoms with Gasteiger partial charge in [-0.1, -0.05) is 32.9 Å². The second kappa shape index (κ2) is 11.2. The van der Waals surface area contributed by atoms with Gasteiger partial charge >= 0.3 is 0 Å². The fraction of sp³-hybridized carbons (Fsp3) is 0.842. The normalized spacial score (nSPS) is 30.6. The van der Waals surface area contributed by atoms with E-state index in [1.807, 2.05) is 20.8 Å². The second-order valence-corrected chi connectivity index (χ2v) is 8.64. The highest BCUT2D eigenvalue weighted by molar-refractivity contribution is 5.76. The number of hydrogen-bond acceptors (Lipinski definition) is 8. The number of amides is 1. The van der Waals surface area contributed by atoms with Crippen LogP contribution in [0.3, 0.4) is 0 Å². The Bertz CT molecular complexity index is 507. The van der Waals surface area contributed by atoms with Crippen LogP contribution < -0.4 is 11.1 Å². The first-order chi connectivity index (χ1) is 12.9. The molecule has 8 N–H and O–H groups in total. The fourth-order valence-corrected chi connectivity index (χ4v) is 2.99. The van der Waals surface area contributed by atoms with Crippen molar-refractivity contribution in [2.45, 2.75) is 89.2 Å². The van der Waals surface area contributed by atoms with Crippen LogP contribution in [0.2, 0.25) is 0 Å². The molecule has 164 valence electrons. The van der Waals surface area contributed by atoms with Crippen molar-refractivity contribution >= 4 is 5.91 Å². The van der Waals surface area contributed by atoms with Crippen LogP contribution in [0.5, 0.6) is 0 Å². The van der Waals surface area contributed by atoms with E-state index < -0.39 is 42.8 Å². The summed E-state index contributed by atoms with van der Waals surface area (Å²) in [6.07, 6.45) is -3.08. The molecule has 1 rings (SSSR count). The lowest BCUT2D eigenvalue weighted by molar-refractivity contribution is -0.134. The summed E-state index contributed by atoms with van der Waals surface area (Å²) in [4.78, 5) is 12.3. The van der Waals surface area contributed by atoms with E-state index >= 15 is 0 Å². The summed E-state index contributed by atoms with van der Waals surface area (Å²) in [5, 5.41) is 52.4. The Morgan fingerprint density at radius 2 is 1.79 bits per heavy atom. The largest absolute Gasteiger partial charge is 0.391 e. The number of carbonyl (C=O) groups is 1. The standard InChI is InChI=1S/C19H36N2O7/c1-19(2,3)9-16(25)21-11(13(23)8-15(20)24)10-28-14-7-5-4-6-12(22)17(26)18(14)27/h4-5,11-15,17-18,22-24,26-27H,6-10,20H2,1-3H3,(H,21,25)/b5-4-. The van der Waals surface area contributed by atoms with Gasteiger partial charge in [-0.15, -0.1) is 0 Å². The van der Waals surface area contributed by atoms with Crippen LogP contribution in [0.15, 0.2) is 12.2 Å². The van der Waals surface area contributed by atoms with E-state index in [-0.39, 0.29) is 37.2 Å². The van der Waals surface area contributed by atoms with Crippen molar-refractivity contribution in [1.29, 1.82) is 0 Å². The minimum absolute atomic E-state index is 0.165. The summed E-state index contributed by atoms with van der Waals surface area (Å²) in [5.41, 5.74) is 5.07. The molecule has 0 spiro atoms. The first-order valence-electron chi connectivity index (χ1n) is 9.62. The van der Waals surface area contributed by atoms with Gasteiger partial charge in [0.1, 0.15) is 18.4 Å². The van der Waals surface area contributed by atoms with Crippen molar-refractivity contribution < 1.29 is 35.1 Å². The molecule has 9 nitrogen and oxygen atoms in total. The van der Waals surface area contributed by atoms with Gasteiger partial charge in [0.25, 0.3) is 0 Å². The average molecular weight is 405 g/mol. The Morgan fingerprint density at radius 3 is 2.36 bits per heavy atom. The van der Waals surface area contributed by atoms with Gasteiger partial charge in [-0.05, 0) is 18.3 Å². The molecular weight excluding hydrogens is 368 g/mol. The molecule has 28 heavy (non-hydrogen) atoms. The second-order valence-electron chi connectivity index (χ2n) is 8.64. The number of hydrogen-bond donors (Lipinski definition) is 7. The maximum Gasteiger partial charge on any atom is 0.220 e. The molecule has 0 aliphatic heterocycles. The predicted molar refractivity (Wildman–Crippen MR) is 103 cm³/mol. The van der Waals surface area contributed by atoms with Crippen molar-refractivity contribution in [2.75, 3.05) is 6.61 Å². The smallest absolute Gasteiger partial charge is 0.220 e. The molecule has 0 saturated carbocycles. The number of carbonyl (C=O) groups excluding carboxylic acids is 1. The van der Waals surface area contributed by atoms with Crippen molar-refractivity contribution in [2.24, 2.45) is 11.1 Å². The molecule has 0 aromatic heterocycles. The van der Waals surface area contributed by atoms with Crippen LogP contribution in [-0.2, 0) is 9.53 Å². The minimum Gasteiger partial charge on any atom is -0.391 e. The van der Waals surface area contributed by atoms with Crippen molar-refractivity contribution in [1.82, 2.24) is 5.32 Å². The maximum atomic E-state index is 12.3. The van der Waals surface area contributed by atoms with Gasteiger partial charge in [0.15, 0.2) is 0 Å². The number of nitrogens with two attached hydrogens (primary N) is 1. The third-order valence-corrected chi connectivity index (χ3v) is 4.51. The topological polar surface area (TPSA) is 166 Å². The molecule has 1 aliphatic carbocycles. The average Bonchev–Trinajstić information content (AvgIpc) is 2.55. The van der Waals surface area contributed by atoms with Crippen LogP contribution in [0, 0.1) is 5.41 Å². The van der Waals surface area contributed by atoms with Gasteiger partial charge in [0.05, 0.1) is 31.0 Å². The Hall–Kier alpha value is -1.07. The molecule has 0 heterocycles. The Balaban J connectivity index is 2.79. The highest BCUT2D eigenvalue weighted by Gasteiger charge is 2.34. The summed E-state index contributed by atoms with van der Waals surface area (Å²) < 4.78 is 5.68. The zero-order valence-corrected chi connectivity index (χ0v) is 16.9. The Morgan fingerprint density at radius 1 is 1.18 bits per heavy atom. The van der Waals surface area contributed by atoms with Gasteiger partial charge in [-0.25, -0.2) is 0 Å². The summed E-state index contributed by atoms with van der Waals surface area (Å²) in [5.74, 6) is -0.291. The van der Waals surface area contributed by atoms with Gasteiger partial charge < -0.3 is 41.3 Å². The summed E-state index contributed by atoms with van der Waals surface area (Å²) in [6.45, 7) is 5.55. The molecular formula is C19H36N2O7. The zero-order chi connectivity index (χ0) is 21.5. The third-order valence-electron chi connectivity index (χ3n) is 4.51. The van der Waals surface area contributed by atoms with Crippen molar-refractivity contribution in [3.05, 3.63) is 12.2 Å². The van der Waals surface area contributed by atoms with Gasteiger partial charge in [0.2, 0.25) is 5.91 Å². The van der Waals surface area contributed by atoms with Crippen LogP contribution in [0.1, 0.15) is 46.5 Å². The molecule has 0 radical (unpaired) electrons. The first kappa shape index (κ1) is 25.0. The van der Waals surface area contributed by atoms with Crippen LogP contribution >= 0.6 is 0 Å². The SMILES string of the molecule is CC(C)(C)CC(=O)NC(COC1C/C=C\CC(O)C(O)C1O)C(O)CC(N)O. The fourth-order valence-electron chi connectivity index (χ4n) is 2.99. The Kier molecular flexibility index (Phi) is 9.99. The molecule has 7 atom stereocenters. The van der Waals surface area contributed by atoms with E-state index in [1.165, 1.54) is 0 Å². The molecule has 0 bridgehead atoms. The Labute approximate surface area is 166 Å². The first-order valence-corrected chi connectivity index (χ1v) is 9.62. The lowest BCUT2D eigenvalue weighted by atomic mass is 9.91. The number of aliphatic hydroxyl groups excluding tert-OH is 5. The summed E-state index contributed by atoms with van der Waals surface area (Å²) >= 11 is 0. The van der Waals surface area contributed by atoms with E-state index in [0.29, 0.717) is 6.42 Å². The van der Waals surface area contributed by atoms with Crippen LogP contribution in [0.25, 0.3) is 0 Å². The van der Waals surface area contributed by atoms with E-state index in [4.69, 9.17) is 10.5 Å². The third kappa shape index (κ3) is 8.95. The van der Waals surface area contributed by atoms with E-state index in [0.717, 1.165) is 0 Å². The molecule has 1 amide bonds. The van der Waals surface area contributed by atoms with Gasteiger partial charge in [-0.2, -0.15) is 0 Å². The maximum absolute atomic E-state index is 12.3. The van der Waals surface area contributed by atoms with Gasteiger partial charge in [-0.3, -0.25) is 4.79 Å². The highest BCUT2D eigenvalue weighted by atomic mass is 16.5. The quantitative estimate of drug-likeness (QED) is 0.195. The lowest BCUT2D eigenvalue weighted by Gasteiger charge is -2.32. The van der Waals surface area contributed by atoms with E-state index in [2.05, 4.69) is 5.32 Å². The predicted octanol–water partition coefficient (Wildman–Crippen LogP) is -1.25. The lowest BCUT2D eigenvalue weighted by Crippen LogP contribution is -2.51. The van der Waals surface area contributed by atoms with Crippen molar-refractivity contribution in [3.8, 4) is 0 Å².